The van der Waals surface area contributed by atoms with Crippen molar-refractivity contribution in [3.05, 3.63) is 50.6 Å². The summed E-state index contributed by atoms with van der Waals surface area (Å²) in [5.41, 5.74) is 3.98. The van der Waals surface area contributed by atoms with Gasteiger partial charge in [0.2, 0.25) is 0 Å². The third kappa shape index (κ3) is 3.79. The second-order valence-electron chi connectivity index (χ2n) is 4.13. The molecule has 2 aromatic rings. The number of halogens is 1. The van der Waals surface area contributed by atoms with E-state index >= 15 is 0 Å². The van der Waals surface area contributed by atoms with E-state index in [0.29, 0.717) is 6.61 Å². The standard InChI is InChI=1S/C14H17BrN2OS/c1-2-18-14-6-4-3-5-12(14)13(17-16)8-11-7-10(15)9-19-11/h3-7,9,13,17H,2,8,16H2,1H3. The summed E-state index contributed by atoms with van der Waals surface area (Å²) in [5.74, 6) is 6.60. The van der Waals surface area contributed by atoms with E-state index in [2.05, 4.69) is 38.9 Å². The Hall–Kier alpha value is -0.880. The Morgan fingerprint density at radius 1 is 1.42 bits per heavy atom. The van der Waals surface area contributed by atoms with E-state index in [4.69, 9.17) is 10.6 Å². The van der Waals surface area contributed by atoms with Crippen LogP contribution in [0.5, 0.6) is 5.75 Å². The molecule has 0 aliphatic heterocycles. The molecule has 3 N–H and O–H groups in total. The molecule has 102 valence electrons. The Morgan fingerprint density at radius 2 is 2.21 bits per heavy atom. The summed E-state index contributed by atoms with van der Waals surface area (Å²) >= 11 is 5.20. The fourth-order valence-corrected chi connectivity index (χ4v) is 3.47. The smallest absolute Gasteiger partial charge is 0.124 e. The fraction of sp³-hybridized carbons (Fsp3) is 0.286. The summed E-state index contributed by atoms with van der Waals surface area (Å²) in [5, 5.41) is 2.08. The lowest BCUT2D eigenvalue weighted by Crippen LogP contribution is -2.29. The predicted octanol–water partition coefficient (Wildman–Crippen LogP) is 3.66. The average Bonchev–Trinajstić information content (AvgIpc) is 2.83. The molecule has 1 heterocycles. The molecule has 5 heteroatoms. The van der Waals surface area contributed by atoms with Crippen molar-refractivity contribution in [1.82, 2.24) is 5.43 Å². The molecule has 1 atom stereocenters. The van der Waals surface area contributed by atoms with Crippen LogP contribution in [0.2, 0.25) is 0 Å². The minimum absolute atomic E-state index is 0.0494. The quantitative estimate of drug-likeness (QED) is 0.623. The second kappa shape index (κ2) is 7.05. The van der Waals surface area contributed by atoms with Gasteiger partial charge in [0, 0.05) is 26.7 Å². The van der Waals surface area contributed by atoms with Gasteiger partial charge in [-0.05, 0) is 35.0 Å². The molecule has 0 radical (unpaired) electrons. The number of para-hydroxylation sites is 1. The Bertz CT molecular complexity index is 530. The van der Waals surface area contributed by atoms with Gasteiger partial charge in [0.25, 0.3) is 0 Å². The van der Waals surface area contributed by atoms with Gasteiger partial charge >= 0.3 is 0 Å². The van der Waals surface area contributed by atoms with E-state index in [9.17, 15) is 0 Å². The maximum atomic E-state index is 5.71. The molecule has 0 saturated heterocycles. The maximum Gasteiger partial charge on any atom is 0.124 e. The van der Waals surface area contributed by atoms with Gasteiger partial charge in [-0.2, -0.15) is 0 Å². The highest BCUT2D eigenvalue weighted by atomic mass is 79.9. The summed E-state index contributed by atoms with van der Waals surface area (Å²) < 4.78 is 6.77. The summed E-state index contributed by atoms with van der Waals surface area (Å²) in [6, 6.07) is 10.2. The molecule has 1 unspecified atom stereocenters. The monoisotopic (exact) mass is 340 g/mol. The van der Waals surface area contributed by atoms with Crippen molar-refractivity contribution < 1.29 is 4.74 Å². The fourth-order valence-electron chi connectivity index (χ4n) is 1.98. The number of nitrogens with one attached hydrogen (secondary N) is 1. The number of hydrogen-bond donors (Lipinski definition) is 2. The molecular formula is C14H17BrN2OS. The first-order valence-electron chi connectivity index (χ1n) is 6.15. The topological polar surface area (TPSA) is 47.3 Å². The lowest BCUT2D eigenvalue weighted by atomic mass is 10.0. The normalized spacial score (nSPS) is 12.4. The van der Waals surface area contributed by atoms with Gasteiger partial charge in [-0.25, -0.2) is 0 Å². The first kappa shape index (κ1) is 14.5. The van der Waals surface area contributed by atoms with Crippen LogP contribution in [0.25, 0.3) is 0 Å². The lowest BCUT2D eigenvalue weighted by molar-refractivity contribution is 0.331. The largest absolute Gasteiger partial charge is 0.494 e. The zero-order valence-corrected chi connectivity index (χ0v) is 13.1. The molecule has 3 nitrogen and oxygen atoms in total. The van der Waals surface area contributed by atoms with Gasteiger partial charge in [0.15, 0.2) is 0 Å². The molecular weight excluding hydrogens is 324 g/mol. The van der Waals surface area contributed by atoms with Crippen LogP contribution in [0.3, 0.4) is 0 Å². The van der Waals surface area contributed by atoms with Crippen LogP contribution in [0, 0.1) is 0 Å². The number of rotatable bonds is 6. The summed E-state index contributed by atoms with van der Waals surface area (Å²) in [6.07, 6.45) is 0.844. The zero-order chi connectivity index (χ0) is 13.7. The van der Waals surface area contributed by atoms with Crippen molar-refractivity contribution in [1.29, 1.82) is 0 Å². The highest BCUT2D eigenvalue weighted by Crippen LogP contribution is 2.30. The van der Waals surface area contributed by atoms with E-state index in [1.54, 1.807) is 11.3 Å². The van der Waals surface area contributed by atoms with Gasteiger partial charge in [0.1, 0.15) is 5.75 Å². The van der Waals surface area contributed by atoms with Crippen LogP contribution in [0.4, 0.5) is 0 Å². The van der Waals surface area contributed by atoms with Crippen LogP contribution in [-0.4, -0.2) is 6.61 Å². The van der Waals surface area contributed by atoms with Gasteiger partial charge in [-0.15, -0.1) is 11.3 Å². The van der Waals surface area contributed by atoms with Gasteiger partial charge < -0.3 is 4.74 Å². The third-order valence-corrected chi connectivity index (χ3v) is 4.54. The molecule has 0 bridgehead atoms. The van der Waals surface area contributed by atoms with E-state index in [1.807, 2.05) is 25.1 Å². The molecule has 2 rings (SSSR count). The molecule has 0 saturated carbocycles. The van der Waals surface area contributed by atoms with Gasteiger partial charge in [0.05, 0.1) is 12.6 Å². The Balaban J connectivity index is 2.21. The Labute approximate surface area is 125 Å². The van der Waals surface area contributed by atoms with Crippen LogP contribution >= 0.6 is 27.3 Å². The van der Waals surface area contributed by atoms with Crippen molar-refractivity contribution in [3.63, 3.8) is 0 Å². The summed E-state index contributed by atoms with van der Waals surface area (Å²) in [4.78, 5) is 1.28. The lowest BCUT2D eigenvalue weighted by Gasteiger charge is -2.19. The van der Waals surface area contributed by atoms with E-state index < -0.39 is 0 Å². The maximum absolute atomic E-state index is 5.71. The molecule has 19 heavy (non-hydrogen) atoms. The molecule has 0 aliphatic carbocycles. The first-order valence-corrected chi connectivity index (χ1v) is 7.82. The van der Waals surface area contributed by atoms with E-state index in [-0.39, 0.29) is 6.04 Å². The van der Waals surface area contributed by atoms with Crippen molar-refractivity contribution in [2.45, 2.75) is 19.4 Å². The number of hydrogen-bond acceptors (Lipinski definition) is 4. The minimum atomic E-state index is 0.0494. The second-order valence-corrected chi connectivity index (χ2v) is 6.04. The number of benzene rings is 1. The first-order chi connectivity index (χ1) is 9.24. The predicted molar refractivity (Wildman–Crippen MR) is 83.4 cm³/mol. The van der Waals surface area contributed by atoms with E-state index in [1.165, 1.54) is 4.88 Å². The van der Waals surface area contributed by atoms with Crippen LogP contribution < -0.4 is 16.0 Å². The molecule has 0 amide bonds. The average molecular weight is 341 g/mol. The molecule has 0 aliphatic rings. The number of thiophene rings is 1. The van der Waals surface area contributed by atoms with Crippen LogP contribution in [0.15, 0.2) is 40.2 Å². The minimum Gasteiger partial charge on any atom is -0.494 e. The van der Waals surface area contributed by atoms with E-state index in [0.717, 1.165) is 22.2 Å². The Morgan fingerprint density at radius 3 is 2.84 bits per heavy atom. The molecule has 0 spiro atoms. The molecule has 1 aromatic heterocycles. The van der Waals surface area contributed by atoms with Crippen LogP contribution in [0.1, 0.15) is 23.4 Å². The van der Waals surface area contributed by atoms with Crippen molar-refractivity contribution in [2.75, 3.05) is 6.61 Å². The zero-order valence-electron chi connectivity index (χ0n) is 10.7. The van der Waals surface area contributed by atoms with Crippen LogP contribution in [-0.2, 0) is 6.42 Å². The van der Waals surface area contributed by atoms with Crippen molar-refractivity contribution in [3.8, 4) is 5.75 Å². The third-order valence-electron chi connectivity index (χ3n) is 2.82. The number of nitrogens with two attached hydrogens (primary N) is 1. The number of hydrazine groups is 1. The highest BCUT2D eigenvalue weighted by molar-refractivity contribution is 9.10. The Kier molecular flexibility index (Phi) is 5.39. The SMILES string of the molecule is CCOc1ccccc1C(Cc1cc(Br)cs1)NN. The molecule has 0 fully saturated rings. The van der Waals surface area contributed by atoms with Gasteiger partial charge in [-0.1, -0.05) is 18.2 Å². The van der Waals surface area contributed by atoms with Gasteiger partial charge in [-0.3, -0.25) is 11.3 Å². The van der Waals surface area contributed by atoms with Crippen molar-refractivity contribution in [2.24, 2.45) is 5.84 Å². The van der Waals surface area contributed by atoms with Crippen molar-refractivity contribution >= 4 is 27.3 Å². The summed E-state index contributed by atoms with van der Waals surface area (Å²) in [7, 11) is 0. The molecule has 1 aromatic carbocycles. The summed E-state index contributed by atoms with van der Waals surface area (Å²) in [6.45, 7) is 2.64. The number of ether oxygens (including phenoxy) is 1. The highest BCUT2D eigenvalue weighted by Gasteiger charge is 2.16.